The van der Waals surface area contributed by atoms with Gasteiger partial charge in [0.1, 0.15) is 7.11 Å². The molecule has 1 aliphatic carbocycles. The van der Waals surface area contributed by atoms with Gasteiger partial charge in [-0.05, 0) is 36.5 Å². The summed E-state index contributed by atoms with van der Waals surface area (Å²) in [6.45, 7) is 0.619. The fraction of sp³-hybridized carbons (Fsp3) is 0.368. The molecule has 0 atom stereocenters. The molecule has 0 aliphatic heterocycles. The fourth-order valence-corrected chi connectivity index (χ4v) is 2.78. The maximum Gasteiger partial charge on any atom is 0.431 e. The second kappa shape index (κ2) is 8.43. The van der Waals surface area contributed by atoms with Crippen LogP contribution in [0.3, 0.4) is 0 Å². The van der Waals surface area contributed by atoms with E-state index >= 15 is 0 Å². The van der Waals surface area contributed by atoms with Crippen LogP contribution in [0.1, 0.15) is 28.8 Å². The van der Waals surface area contributed by atoms with Crippen LogP contribution in [0.25, 0.3) is 0 Å². The first kappa shape index (κ1) is 19.2. The number of nitrogens with zero attached hydrogens (tertiary/aromatic N) is 1. The lowest BCUT2D eigenvalue weighted by molar-refractivity contribution is -0.887. The Balaban J connectivity index is 1.77. The molecule has 1 fully saturated rings. The predicted octanol–water partition coefficient (Wildman–Crippen LogP) is 2.55. The summed E-state index contributed by atoms with van der Waals surface area (Å²) in [7, 11) is 2.87. The molecule has 1 heterocycles. The monoisotopic (exact) mass is 395 g/mol. The topological polar surface area (TPSA) is 60.7 Å². The molecule has 0 bridgehead atoms. The number of carbonyl (C=O) groups is 1. The number of nitrogens with one attached hydrogen (secondary N) is 1. The summed E-state index contributed by atoms with van der Waals surface area (Å²) in [5.74, 6) is -0.0445. The van der Waals surface area contributed by atoms with E-state index in [9.17, 15) is 9.18 Å². The molecule has 1 aromatic heterocycles. The van der Waals surface area contributed by atoms with Gasteiger partial charge < -0.3 is 14.8 Å². The molecule has 1 aliphatic rings. The maximum atomic E-state index is 13.8. The molecule has 8 heteroatoms. The minimum Gasteiger partial charge on any atom is -0.494 e. The summed E-state index contributed by atoms with van der Waals surface area (Å²) in [5.41, 5.74) is 0.768. The largest absolute Gasteiger partial charge is 0.494 e. The molecule has 1 N–H and O–H groups in total. The van der Waals surface area contributed by atoms with E-state index in [-0.39, 0.29) is 28.8 Å². The predicted molar refractivity (Wildman–Crippen MR) is 96.5 cm³/mol. The molecular formula is C19H21ClFN2O4+. The number of benzene rings is 1. The number of rotatable bonds is 8. The summed E-state index contributed by atoms with van der Waals surface area (Å²) in [6, 6.07) is 6.05. The van der Waals surface area contributed by atoms with Crippen LogP contribution >= 0.6 is 11.6 Å². The number of hydrogen-bond acceptors (Lipinski definition) is 4. The molecule has 2 aromatic rings. The fourth-order valence-electron chi connectivity index (χ4n) is 2.55. The van der Waals surface area contributed by atoms with Gasteiger partial charge in [0.05, 0.1) is 18.7 Å². The highest BCUT2D eigenvalue weighted by Crippen LogP contribution is 2.30. The first-order valence-corrected chi connectivity index (χ1v) is 8.93. The van der Waals surface area contributed by atoms with Crippen LogP contribution in [0, 0.1) is 11.7 Å². The Bertz CT molecular complexity index is 843. The van der Waals surface area contributed by atoms with Gasteiger partial charge in [0.2, 0.25) is 6.20 Å². The molecule has 3 rings (SSSR count). The highest BCUT2D eigenvalue weighted by molar-refractivity contribution is 6.34. The Morgan fingerprint density at radius 3 is 2.74 bits per heavy atom. The zero-order valence-electron chi connectivity index (χ0n) is 15.1. The Labute approximate surface area is 161 Å². The van der Waals surface area contributed by atoms with Gasteiger partial charge in [-0.15, -0.1) is 0 Å². The molecular weight excluding hydrogens is 375 g/mol. The third-order valence-electron chi connectivity index (χ3n) is 4.25. The van der Waals surface area contributed by atoms with E-state index in [1.807, 2.05) is 0 Å². The van der Waals surface area contributed by atoms with Crippen molar-refractivity contribution in [3.63, 3.8) is 0 Å². The van der Waals surface area contributed by atoms with E-state index in [4.69, 9.17) is 25.9 Å². The molecule has 0 saturated heterocycles. The van der Waals surface area contributed by atoms with Crippen molar-refractivity contribution in [3.8, 4) is 11.6 Å². The van der Waals surface area contributed by atoms with Gasteiger partial charge in [-0.25, -0.2) is 4.39 Å². The van der Waals surface area contributed by atoms with E-state index in [0.717, 1.165) is 12.8 Å². The molecule has 0 unspecified atom stereocenters. The number of hydrogen-bond donors (Lipinski definition) is 1. The number of carbonyl (C=O) groups excluding carboxylic acids is 1. The zero-order valence-corrected chi connectivity index (χ0v) is 15.9. The van der Waals surface area contributed by atoms with Crippen LogP contribution in [0.15, 0.2) is 30.5 Å². The Morgan fingerprint density at radius 2 is 2.11 bits per heavy atom. The molecule has 144 valence electrons. The number of methoxy groups -OCH3 is 1. The summed E-state index contributed by atoms with van der Waals surface area (Å²) in [6.07, 6.45) is 3.80. The van der Waals surface area contributed by atoms with Crippen molar-refractivity contribution in [2.45, 2.75) is 19.4 Å². The number of amides is 1. The van der Waals surface area contributed by atoms with Crippen molar-refractivity contribution >= 4 is 17.5 Å². The van der Waals surface area contributed by atoms with Crippen LogP contribution in [-0.2, 0) is 6.54 Å². The minimum atomic E-state index is -0.493. The van der Waals surface area contributed by atoms with Gasteiger partial charge in [0.25, 0.3) is 5.91 Å². The first-order chi connectivity index (χ1) is 13.0. The van der Waals surface area contributed by atoms with Crippen molar-refractivity contribution in [3.05, 3.63) is 52.4 Å². The second-order valence-electron chi connectivity index (χ2n) is 6.26. The van der Waals surface area contributed by atoms with Crippen LogP contribution in [-0.4, -0.2) is 26.7 Å². The number of pyridine rings is 1. The van der Waals surface area contributed by atoms with E-state index in [2.05, 4.69) is 5.32 Å². The lowest BCUT2D eigenvalue weighted by atomic mass is 10.2. The van der Waals surface area contributed by atoms with E-state index < -0.39 is 11.7 Å². The highest BCUT2D eigenvalue weighted by Gasteiger charge is 2.31. The van der Waals surface area contributed by atoms with Crippen molar-refractivity contribution in [1.82, 2.24) is 5.32 Å². The SMILES string of the molecule is COc1ccc(CNC(=O)c2c(Cl)cc[n+](OC)c2OCC2CC2)cc1F. The Hall–Kier alpha value is -2.54. The Kier molecular flexibility index (Phi) is 6.01. The number of ether oxygens (including phenoxy) is 2. The third-order valence-corrected chi connectivity index (χ3v) is 4.57. The van der Waals surface area contributed by atoms with Gasteiger partial charge in [-0.3, -0.25) is 9.63 Å². The second-order valence-corrected chi connectivity index (χ2v) is 6.67. The maximum absolute atomic E-state index is 13.8. The van der Waals surface area contributed by atoms with E-state index in [1.165, 1.54) is 31.1 Å². The summed E-state index contributed by atoms with van der Waals surface area (Å²) in [4.78, 5) is 18.0. The van der Waals surface area contributed by atoms with Gasteiger partial charge >= 0.3 is 5.88 Å². The van der Waals surface area contributed by atoms with Crippen LogP contribution in [0.5, 0.6) is 11.6 Å². The average Bonchev–Trinajstić information content (AvgIpc) is 3.49. The lowest BCUT2D eigenvalue weighted by Crippen LogP contribution is -2.44. The smallest absolute Gasteiger partial charge is 0.431 e. The Morgan fingerprint density at radius 1 is 1.33 bits per heavy atom. The van der Waals surface area contributed by atoms with Crippen molar-refractivity contribution in [1.29, 1.82) is 0 Å². The van der Waals surface area contributed by atoms with Crippen LogP contribution in [0.4, 0.5) is 4.39 Å². The number of aromatic nitrogens is 1. The third kappa shape index (κ3) is 4.60. The normalized spacial score (nSPS) is 13.2. The first-order valence-electron chi connectivity index (χ1n) is 8.55. The minimum absolute atomic E-state index is 0.125. The molecule has 1 aromatic carbocycles. The van der Waals surface area contributed by atoms with Gasteiger partial charge in [-0.1, -0.05) is 17.7 Å². The van der Waals surface area contributed by atoms with Crippen molar-refractivity contribution in [2.24, 2.45) is 5.92 Å². The molecule has 27 heavy (non-hydrogen) atoms. The zero-order chi connectivity index (χ0) is 19.4. The molecule has 6 nitrogen and oxygen atoms in total. The standard InChI is InChI=1S/C19H20ClFN2O4/c1-25-16-6-5-13(9-15(16)21)10-22-18(24)17-14(20)7-8-23(26-2)19(17)27-11-12-3-4-12/h5-9,12H,3-4,10-11H2,1-2H3/p+1. The average molecular weight is 396 g/mol. The summed E-state index contributed by atoms with van der Waals surface area (Å²) in [5, 5.41) is 2.98. The highest BCUT2D eigenvalue weighted by atomic mass is 35.5. The van der Waals surface area contributed by atoms with Gasteiger partial charge in [-0.2, -0.15) is 0 Å². The number of halogens is 2. The van der Waals surface area contributed by atoms with Crippen molar-refractivity contribution in [2.75, 3.05) is 20.8 Å². The molecule has 1 saturated carbocycles. The van der Waals surface area contributed by atoms with E-state index in [1.54, 1.807) is 18.3 Å². The van der Waals surface area contributed by atoms with Crippen molar-refractivity contribution < 1.29 is 28.2 Å². The quantitative estimate of drug-likeness (QED) is 0.698. The van der Waals surface area contributed by atoms with E-state index in [0.29, 0.717) is 18.1 Å². The van der Waals surface area contributed by atoms with Crippen LogP contribution < -0.4 is 24.4 Å². The summed E-state index contributed by atoms with van der Waals surface area (Å²) < 4.78 is 25.9. The van der Waals surface area contributed by atoms with Gasteiger partial charge in [0, 0.05) is 17.3 Å². The molecule has 1 amide bonds. The molecule has 0 radical (unpaired) electrons. The summed E-state index contributed by atoms with van der Waals surface area (Å²) >= 11 is 6.24. The molecule has 0 spiro atoms. The lowest BCUT2D eigenvalue weighted by Gasteiger charge is -2.11. The van der Waals surface area contributed by atoms with Gasteiger partial charge in [0.15, 0.2) is 17.1 Å². The van der Waals surface area contributed by atoms with Crippen LogP contribution in [0.2, 0.25) is 5.02 Å².